The van der Waals surface area contributed by atoms with E-state index in [4.69, 9.17) is 4.42 Å². The SMILES string of the molecule is O=C(NC[C@H](O)c1ccco1)[C@H]1CCCC[C@H]1C(F)(F)F. The van der Waals surface area contributed by atoms with Gasteiger partial charge in [0.25, 0.3) is 0 Å². The number of nitrogens with one attached hydrogen (secondary N) is 1. The molecule has 0 bridgehead atoms. The van der Waals surface area contributed by atoms with Crippen LogP contribution in [-0.4, -0.2) is 23.7 Å². The molecule has 1 amide bonds. The summed E-state index contributed by atoms with van der Waals surface area (Å²) >= 11 is 0. The zero-order valence-corrected chi connectivity index (χ0v) is 11.4. The number of hydrogen-bond acceptors (Lipinski definition) is 3. The van der Waals surface area contributed by atoms with Gasteiger partial charge < -0.3 is 14.8 Å². The van der Waals surface area contributed by atoms with E-state index < -0.39 is 30.0 Å². The van der Waals surface area contributed by atoms with E-state index in [1.54, 1.807) is 6.07 Å². The second kappa shape index (κ2) is 6.51. The second-order valence-corrected chi connectivity index (χ2v) is 5.32. The van der Waals surface area contributed by atoms with E-state index in [1.807, 2.05) is 0 Å². The van der Waals surface area contributed by atoms with Gasteiger partial charge in [-0.2, -0.15) is 13.2 Å². The molecule has 21 heavy (non-hydrogen) atoms. The van der Waals surface area contributed by atoms with Gasteiger partial charge in [0.1, 0.15) is 11.9 Å². The van der Waals surface area contributed by atoms with Gasteiger partial charge in [-0.15, -0.1) is 0 Å². The number of hydrogen-bond donors (Lipinski definition) is 2. The lowest BCUT2D eigenvalue weighted by atomic mass is 9.78. The molecule has 3 atom stereocenters. The summed E-state index contributed by atoms with van der Waals surface area (Å²) in [6, 6.07) is 3.12. The minimum atomic E-state index is -4.36. The van der Waals surface area contributed by atoms with Gasteiger partial charge in [-0.25, -0.2) is 0 Å². The topological polar surface area (TPSA) is 62.5 Å². The van der Waals surface area contributed by atoms with Crippen LogP contribution in [0.25, 0.3) is 0 Å². The summed E-state index contributed by atoms with van der Waals surface area (Å²) in [7, 11) is 0. The summed E-state index contributed by atoms with van der Waals surface area (Å²) in [5, 5.41) is 12.1. The fourth-order valence-corrected chi connectivity index (χ4v) is 2.75. The highest BCUT2D eigenvalue weighted by Crippen LogP contribution is 2.41. The number of furan rings is 1. The van der Waals surface area contributed by atoms with Gasteiger partial charge in [0.15, 0.2) is 0 Å². The summed E-state index contributed by atoms with van der Waals surface area (Å²) in [6.45, 7) is -0.159. The standard InChI is InChI=1S/C14H18F3NO3/c15-14(16,17)10-5-2-1-4-9(10)13(20)18-8-11(19)12-6-3-7-21-12/h3,6-7,9-11,19H,1-2,4-5,8H2,(H,18,20)/t9-,10+,11-/m0/s1. The normalized spacial score (nSPS) is 24.6. The molecule has 2 N–H and O–H groups in total. The first kappa shape index (κ1) is 15.9. The molecular weight excluding hydrogens is 287 g/mol. The van der Waals surface area contributed by atoms with Crippen molar-refractivity contribution in [2.45, 2.75) is 38.0 Å². The number of alkyl halides is 3. The molecule has 1 aliphatic rings. The Morgan fingerprint density at radius 1 is 1.43 bits per heavy atom. The number of halogens is 3. The van der Waals surface area contributed by atoms with Crippen molar-refractivity contribution in [2.75, 3.05) is 6.54 Å². The average Bonchev–Trinajstić information content (AvgIpc) is 2.97. The molecule has 1 aromatic rings. The molecule has 0 unspecified atom stereocenters. The molecule has 0 saturated heterocycles. The monoisotopic (exact) mass is 305 g/mol. The zero-order chi connectivity index (χ0) is 15.5. The Balaban J connectivity index is 1.92. The summed E-state index contributed by atoms with van der Waals surface area (Å²) in [5.41, 5.74) is 0. The van der Waals surface area contributed by atoms with Gasteiger partial charge >= 0.3 is 6.18 Å². The van der Waals surface area contributed by atoms with Crippen molar-refractivity contribution in [1.29, 1.82) is 0 Å². The number of rotatable bonds is 4. The first-order chi connectivity index (χ1) is 9.89. The molecule has 0 spiro atoms. The average molecular weight is 305 g/mol. The Bertz CT molecular complexity index is 459. The predicted molar refractivity (Wildman–Crippen MR) is 68.2 cm³/mol. The molecule has 1 saturated carbocycles. The number of carbonyl (C=O) groups is 1. The third-order valence-electron chi connectivity index (χ3n) is 3.86. The smallest absolute Gasteiger partial charge is 0.392 e. The van der Waals surface area contributed by atoms with E-state index in [-0.39, 0.29) is 25.1 Å². The number of carbonyl (C=O) groups excluding carboxylic acids is 1. The summed E-state index contributed by atoms with van der Waals surface area (Å²) in [6.07, 6.45) is -2.72. The Labute approximate surface area is 120 Å². The molecule has 1 aliphatic carbocycles. The molecule has 0 aliphatic heterocycles. The maximum absolute atomic E-state index is 12.9. The third-order valence-corrected chi connectivity index (χ3v) is 3.86. The Kier molecular flexibility index (Phi) is 4.92. The molecule has 118 valence electrons. The van der Waals surface area contributed by atoms with E-state index in [0.717, 1.165) is 0 Å². The van der Waals surface area contributed by atoms with Crippen LogP contribution in [0.2, 0.25) is 0 Å². The van der Waals surface area contributed by atoms with Crippen molar-refractivity contribution in [3.63, 3.8) is 0 Å². The van der Waals surface area contributed by atoms with Crippen molar-refractivity contribution in [1.82, 2.24) is 5.32 Å². The molecule has 0 aromatic carbocycles. The highest BCUT2D eigenvalue weighted by atomic mass is 19.4. The van der Waals surface area contributed by atoms with E-state index in [0.29, 0.717) is 12.8 Å². The van der Waals surface area contributed by atoms with Gasteiger partial charge in [0.2, 0.25) is 5.91 Å². The first-order valence-electron chi connectivity index (χ1n) is 6.95. The quantitative estimate of drug-likeness (QED) is 0.899. The lowest BCUT2D eigenvalue weighted by Crippen LogP contribution is -2.43. The Morgan fingerprint density at radius 2 is 2.14 bits per heavy atom. The summed E-state index contributed by atoms with van der Waals surface area (Å²) < 4.78 is 43.8. The molecule has 1 aromatic heterocycles. The number of aliphatic hydroxyl groups is 1. The van der Waals surface area contributed by atoms with Gasteiger partial charge in [0, 0.05) is 5.92 Å². The van der Waals surface area contributed by atoms with Gasteiger partial charge in [0.05, 0.1) is 18.7 Å². The van der Waals surface area contributed by atoms with Gasteiger partial charge in [-0.1, -0.05) is 12.8 Å². The molecule has 1 heterocycles. The number of aliphatic hydroxyl groups excluding tert-OH is 1. The van der Waals surface area contributed by atoms with E-state index >= 15 is 0 Å². The minimum absolute atomic E-state index is 0.0116. The van der Waals surface area contributed by atoms with Crippen molar-refractivity contribution in [3.8, 4) is 0 Å². The van der Waals surface area contributed by atoms with Crippen LogP contribution in [-0.2, 0) is 4.79 Å². The van der Waals surface area contributed by atoms with Crippen molar-refractivity contribution >= 4 is 5.91 Å². The fourth-order valence-electron chi connectivity index (χ4n) is 2.75. The molecule has 4 nitrogen and oxygen atoms in total. The highest BCUT2D eigenvalue weighted by Gasteiger charge is 2.47. The third kappa shape index (κ3) is 4.00. The predicted octanol–water partition coefficient (Wildman–Crippen LogP) is 2.80. The molecule has 1 fully saturated rings. The molecule has 2 rings (SSSR count). The maximum Gasteiger partial charge on any atom is 0.392 e. The molecule has 0 radical (unpaired) electrons. The van der Waals surface area contributed by atoms with E-state index in [1.165, 1.54) is 12.3 Å². The van der Waals surface area contributed by atoms with Crippen LogP contribution in [0.4, 0.5) is 13.2 Å². The van der Waals surface area contributed by atoms with Crippen LogP contribution >= 0.6 is 0 Å². The zero-order valence-electron chi connectivity index (χ0n) is 11.4. The molecular formula is C14H18F3NO3. The maximum atomic E-state index is 12.9. The van der Waals surface area contributed by atoms with E-state index in [9.17, 15) is 23.1 Å². The lowest BCUT2D eigenvalue weighted by molar-refractivity contribution is -0.198. The fraction of sp³-hybridized carbons (Fsp3) is 0.643. The van der Waals surface area contributed by atoms with Crippen LogP contribution in [0.3, 0.4) is 0 Å². The largest absolute Gasteiger partial charge is 0.467 e. The second-order valence-electron chi connectivity index (χ2n) is 5.32. The summed E-state index contributed by atoms with van der Waals surface area (Å²) in [5.74, 6) is -3.04. The van der Waals surface area contributed by atoms with Crippen LogP contribution < -0.4 is 5.32 Å². The van der Waals surface area contributed by atoms with Gasteiger partial charge in [-0.05, 0) is 25.0 Å². The Hall–Kier alpha value is -1.50. The van der Waals surface area contributed by atoms with E-state index in [2.05, 4.69) is 5.32 Å². The van der Waals surface area contributed by atoms with Crippen molar-refractivity contribution < 1.29 is 27.5 Å². The van der Waals surface area contributed by atoms with Crippen LogP contribution in [0, 0.1) is 11.8 Å². The summed E-state index contributed by atoms with van der Waals surface area (Å²) in [4.78, 5) is 12.0. The Morgan fingerprint density at radius 3 is 2.76 bits per heavy atom. The first-order valence-corrected chi connectivity index (χ1v) is 6.95. The molecule has 7 heteroatoms. The van der Waals surface area contributed by atoms with Gasteiger partial charge in [-0.3, -0.25) is 4.79 Å². The minimum Gasteiger partial charge on any atom is -0.467 e. The lowest BCUT2D eigenvalue weighted by Gasteiger charge is -2.32. The van der Waals surface area contributed by atoms with Crippen LogP contribution in [0.15, 0.2) is 22.8 Å². The highest BCUT2D eigenvalue weighted by molar-refractivity contribution is 5.79. The van der Waals surface area contributed by atoms with Crippen molar-refractivity contribution in [3.05, 3.63) is 24.2 Å². The van der Waals surface area contributed by atoms with Crippen LogP contribution in [0.1, 0.15) is 37.5 Å². The van der Waals surface area contributed by atoms with Crippen molar-refractivity contribution in [2.24, 2.45) is 11.8 Å². The number of amides is 1. The van der Waals surface area contributed by atoms with Crippen LogP contribution in [0.5, 0.6) is 0 Å².